The van der Waals surface area contributed by atoms with Crippen LogP contribution in [-0.2, 0) is 16.0 Å². The van der Waals surface area contributed by atoms with Gasteiger partial charge < -0.3 is 20.3 Å². The second-order valence-corrected chi connectivity index (χ2v) is 6.11. The van der Waals surface area contributed by atoms with E-state index in [1.807, 2.05) is 24.3 Å². The summed E-state index contributed by atoms with van der Waals surface area (Å²) >= 11 is 0. The zero-order chi connectivity index (χ0) is 19.4. The zero-order valence-electron chi connectivity index (χ0n) is 16.2. The van der Waals surface area contributed by atoms with Crippen LogP contribution < -0.4 is 10.6 Å². The van der Waals surface area contributed by atoms with Gasteiger partial charge in [-0.15, -0.1) is 0 Å². The van der Waals surface area contributed by atoms with Crippen molar-refractivity contribution in [1.82, 2.24) is 15.5 Å². The van der Waals surface area contributed by atoms with Gasteiger partial charge in [0.25, 0.3) is 5.91 Å². The van der Waals surface area contributed by atoms with Gasteiger partial charge >= 0.3 is 5.97 Å². The monoisotopic (exact) mass is 362 g/mol. The summed E-state index contributed by atoms with van der Waals surface area (Å²) in [4.78, 5) is 28.8. The number of unbranched alkanes of at least 4 members (excludes halogenated alkanes) is 1. The second kappa shape index (κ2) is 11.9. The van der Waals surface area contributed by atoms with E-state index in [0.717, 1.165) is 37.3 Å². The molecule has 7 heteroatoms. The van der Waals surface area contributed by atoms with E-state index in [1.54, 1.807) is 26.0 Å². The Labute approximate surface area is 155 Å². The minimum absolute atomic E-state index is 0.00393. The zero-order valence-corrected chi connectivity index (χ0v) is 16.2. The molecule has 0 spiro atoms. The summed E-state index contributed by atoms with van der Waals surface area (Å²) in [7, 11) is 6.62. The lowest BCUT2D eigenvalue weighted by atomic mass is 10.1. The molecule has 0 saturated carbocycles. The topological polar surface area (TPSA) is 83.0 Å². The Morgan fingerprint density at radius 2 is 1.88 bits per heavy atom. The van der Waals surface area contributed by atoms with Crippen LogP contribution in [0.4, 0.5) is 0 Å². The van der Waals surface area contributed by atoms with Crippen LogP contribution in [0, 0.1) is 0 Å². The number of carbonyl (C=O) groups is 2. The molecule has 0 saturated heterocycles. The number of benzene rings is 1. The number of guanidine groups is 1. The number of nitrogens with one attached hydrogen (secondary N) is 2. The Kier molecular flexibility index (Phi) is 9.82. The first-order chi connectivity index (χ1) is 12.5. The van der Waals surface area contributed by atoms with Crippen molar-refractivity contribution in [2.75, 3.05) is 41.3 Å². The van der Waals surface area contributed by atoms with Crippen molar-refractivity contribution in [1.29, 1.82) is 0 Å². The number of hydrogen-bond donors (Lipinski definition) is 2. The second-order valence-electron chi connectivity index (χ2n) is 6.11. The lowest BCUT2D eigenvalue weighted by Crippen LogP contribution is -2.38. The molecule has 0 aliphatic rings. The van der Waals surface area contributed by atoms with Gasteiger partial charge in [0.15, 0.2) is 5.96 Å². The molecule has 1 aromatic carbocycles. The Morgan fingerprint density at radius 3 is 2.54 bits per heavy atom. The van der Waals surface area contributed by atoms with Crippen molar-refractivity contribution in [2.24, 2.45) is 4.99 Å². The van der Waals surface area contributed by atoms with Gasteiger partial charge in [0.05, 0.1) is 7.11 Å². The van der Waals surface area contributed by atoms with Crippen molar-refractivity contribution in [2.45, 2.75) is 25.7 Å². The van der Waals surface area contributed by atoms with E-state index in [1.165, 1.54) is 7.11 Å². The quantitative estimate of drug-likeness (QED) is 0.301. The maximum absolute atomic E-state index is 12.0. The van der Waals surface area contributed by atoms with Crippen molar-refractivity contribution in [3.63, 3.8) is 0 Å². The molecular formula is C19H30N4O3. The first-order valence-electron chi connectivity index (χ1n) is 8.80. The lowest BCUT2D eigenvalue weighted by Gasteiger charge is -2.13. The van der Waals surface area contributed by atoms with E-state index in [-0.39, 0.29) is 11.9 Å². The molecule has 0 radical (unpaired) electrons. The van der Waals surface area contributed by atoms with Gasteiger partial charge in [-0.1, -0.05) is 12.1 Å². The predicted molar refractivity (Wildman–Crippen MR) is 103 cm³/mol. The average Bonchev–Trinajstić information content (AvgIpc) is 2.65. The first kappa shape index (κ1) is 21.5. The highest BCUT2D eigenvalue weighted by atomic mass is 16.5. The van der Waals surface area contributed by atoms with E-state index < -0.39 is 0 Å². The molecule has 0 fully saturated rings. The van der Waals surface area contributed by atoms with Crippen molar-refractivity contribution >= 4 is 17.8 Å². The lowest BCUT2D eigenvalue weighted by molar-refractivity contribution is -0.140. The minimum Gasteiger partial charge on any atom is -0.469 e. The molecule has 144 valence electrons. The van der Waals surface area contributed by atoms with Crippen LogP contribution in [0.3, 0.4) is 0 Å². The number of methoxy groups -OCH3 is 1. The number of aliphatic imine (C=N–C) groups is 1. The van der Waals surface area contributed by atoms with Crippen molar-refractivity contribution < 1.29 is 14.3 Å². The number of rotatable bonds is 9. The van der Waals surface area contributed by atoms with Gasteiger partial charge in [-0.3, -0.25) is 14.6 Å². The summed E-state index contributed by atoms with van der Waals surface area (Å²) in [6.45, 7) is 1.45. The standard InChI is InChI=1S/C19H30N4O3/c1-20-19(21-12-6-5-10-17(24)26-4)22-13-11-15-8-7-9-16(14-15)18(25)23(2)3/h7-9,14H,5-6,10-13H2,1-4H3,(H2,20,21,22). The first-order valence-corrected chi connectivity index (χ1v) is 8.80. The number of esters is 1. The Hall–Kier alpha value is -2.57. The summed E-state index contributed by atoms with van der Waals surface area (Å²) in [6, 6.07) is 7.67. The Morgan fingerprint density at radius 1 is 1.15 bits per heavy atom. The minimum atomic E-state index is -0.178. The number of nitrogens with zero attached hydrogens (tertiary/aromatic N) is 2. The summed E-state index contributed by atoms with van der Waals surface area (Å²) in [6.07, 6.45) is 2.87. The van der Waals surface area contributed by atoms with Crippen LogP contribution in [-0.4, -0.2) is 64.1 Å². The van der Waals surface area contributed by atoms with Gasteiger partial charge in [-0.25, -0.2) is 0 Å². The molecule has 1 amide bonds. The smallest absolute Gasteiger partial charge is 0.305 e. The fourth-order valence-electron chi connectivity index (χ4n) is 2.37. The molecule has 0 unspecified atom stereocenters. The van der Waals surface area contributed by atoms with E-state index >= 15 is 0 Å². The third-order valence-corrected chi connectivity index (χ3v) is 3.84. The maximum Gasteiger partial charge on any atom is 0.305 e. The molecule has 0 heterocycles. The molecule has 0 aliphatic heterocycles. The molecule has 0 atom stereocenters. The molecule has 2 N–H and O–H groups in total. The molecule has 26 heavy (non-hydrogen) atoms. The van der Waals surface area contributed by atoms with E-state index in [0.29, 0.717) is 18.5 Å². The molecule has 0 bridgehead atoms. The summed E-state index contributed by atoms with van der Waals surface area (Å²) in [5, 5.41) is 6.47. The molecule has 7 nitrogen and oxygen atoms in total. The molecule has 0 aliphatic carbocycles. The van der Waals surface area contributed by atoms with Crippen LogP contribution in [0.2, 0.25) is 0 Å². The highest BCUT2D eigenvalue weighted by molar-refractivity contribution is 5.94. The van der Waals surface area contributed by atoms with Gasteiger partial charge in [0.2, 0.25) is 0 Å². The highest BCUT2D eigenvalue weighted by Crippen LogP contribution is 2.07. The third kappa shape index (κ3) is 8.00. The summed E-state index contributed by atoms with van der Waals surface area (Å²) in [5.41, 5.74) is 1.79. The van der Waals surface area contributed by atoms with Gasteiger partial charge in [0.1, 0.15) is 0 Å². The molecule has 1 aromatic rings. The van der Waals surface area contributed by atoms with Crippen LogP contribution >= 0.6 is 0 Å². The number of amides is 1. The molecule has 1 rings (SSSR count). The fraction of sp³-hybridized carbons (Fsp3) is 0.526. The highest BCUT2D eigenvalue weighted by Gasteiger charge is 2.08. The molecule has 0 aromatic heterocycles. The number of hydrogen-bond acceptors (Lipinski definition) is 4. The van der Waals surface area contributed by atoms with E-state index in [4.69, 9.17) is 0 Å². The Bertz CT molecular complexity index is 615. The van der Waals surface area contributed by atoms with Gasteiger partial charge in [-0.05, 0) is 37.0 Å². The average molecular weight is 362 g/mol. The van der Waals surface area contributed by atoms with Crippen molar-refractivity contribution in [3.05, 3.63) is 35.4 Å². The van der Waals surface area contributed by atoms with E-state index in [9.17, 15) is 9.59 Å². The van der Waals surface area contributed by atoms with Crippen LogP contribution in [0.1, 0.15) is 35.2 Å². The SMILES string of the molecule is CN=C(NCCCCC(=O)OC)NCCc1cccc(C(=O)N(C)C)c1. The van der Waals surface area contributed by atoms with Gasteiger partial charge in [-0.2, -0.15) is 0 Å². The Balaban J connectivity index is 2.33. The number of carbonyl (C=O) groups excluding carboxylic acids is 2. The van der Waals surface area contributed by atoms with Crippen LogP contribution in [0.15, 0.2) is 29.3 Å². The predicted octanol–water partition coefficient (Wildman–Crippen LogP) is 1.44. The summed E-state index contributed by atoms with van der Waals surface area (Å²) < 4.78 is 4.61. The van der Waals surface area contributed by atoms with Gasteiger partial charge in [0, 0.05) is 46.2 Å². The maximum atomic E-state index is 12.0. The number of ether oxygens (including phenoxy) is 1. The van der Waals surface area contributed by atoms with Crippen LogP contribution in [0.5, 0.6) is 0 Å². The normalized spacial score (nSPS) is 11.0. The third-order valence-electron chi connectivity index (χ3n) is 3.84. The largest absolute Gasteiger partial charge is 0.469 e. The van der Waals surface area contributed by atoms with E-state index in [2.05, 4.69) is 20.4 Å². The molecular weight excluding hydrogens is 332 g/mol. The fourth-order valence-corrected chi connectivity index (χ4v) is 2.37. The van der Waals surface area contributed by atoms with Crippen molar-refractivity contribution in [3.8, 4) is 0 Å². The summed E-state index contributed by atoms with van der Waals surface area (Å²) in [5.74, 6) is 0.551. The van der Waals surface area contributed by atoms with Crippen LogP contribution in [0.25, 0.3) is 0 Å².